The molecule has 28 heavy (non-hydrogen) atoms. The maximum Gasteiger partial charge on any atom is 0.220 e. The van der Waals surface area contributed by atoms with Gasteiger partial charge in [0, 0.05) is 31.2 Å². The fourth-order valence-corrected chi connectivity index (χ4v) is 3.65. The summed E-state index contributed by atoms with van der Waals surface area (Å²) in [5.41, 5.74) is 1.85. The van der Waals surface area contributed by atoms with Gasteiger partial charge in [-0.2, -0.15) is 0 Å². The summed E-state index contributed by atoms with van der Waals surface area (Å²) >= 11 is 0. The Bertz CT molecular complexity index is 804. The first-order valence-corrected chi connectivity index (χ1v) is 9.60. The molecule has 1 amide bonds. The first kappa shape index (κ1) is 20.0. The summed E-state index contributed by atoms with van der Waals surface area (Å²) in [6, 6.07) is 12.5. The molecule has 0 aliphatic carbocycles. The summed E-state index contributed by atoms with van der Waals surface area (Å²) in [5, 5.41) is 3.13. The SMILES string of the molecule is COc1cccc(CCC(=O)NC2CCN(c3cccc(F)c3)CC2)c1OC. The highest BCUT2D eigenvalue weighted by atomic mass is 19.1. The highest BCUT2D eigenvalue weighted by molar-refractivity contribution is 5.76. The number of para-hydroxylation sites is 1. The third-order valence-electron chi connectivity index (χ3n) is 5.14. The third-order valence-corrected chi connectivity index (χ3v) is 5.14. The summed E-state index contributed by atoms with van der Waals surface area (Å²) in [6.45, 7) is 1.61. The van der Waals surface area contributed by atoms with Gasteiger partial charge in [-0.25, -0.2) is 4.39 Å². The zero-order valence-electron chi connectivity index (χ0n) is 16.4. The number of carbonyl (C=O) groups excluding carboxylic acids is 1. The lowest BCUT2D eigenvalue weighted by Crippen LogP contribution is -2.44. The van der Waals surface area contributed by atoms with E-state index in [1.165, 1.54) is 6.07 Å². The normalized spacial score (nSPS) is 14.6. The largest absolute Gasteiger partial charge is 0.493 e. The van der Waals surface area contributed by atoms with Crippen LogP contribution in [0.3, 0.4) is 0 Å². The molecule has 3 rings (SSSR count). The molecule has 1 N–H and O–H groups in total. The van der Waals surface area contributed by atoms with Crippen LogP contribution in [0.5, 0.6) is 11.5 Å². The van der Waals surface area contributed by atoms with Crippen LogP contribution in [0.25, 0.3) is 0 Å². The smallest absolute Gasteiger partial charge is 0.220 e. The Balaban J connectivity index is 1.48. The Morgan fingerprint density at radius 3 is 2.57 bits per heavy atom. The fraction of sp³-hybridized carbons (Fsp3) is 0.409. The Morgan fingerprint density at radius 1 is 1.14 bits per heavy atom. The number of benzene rings is 2. The molecule has 0 radical (unpaired) electrons. The average molecular weight is 386 g/mol. The lowest BCUT2D eigenvalue weighted by molar-refractivity contribution is -0.121. The quantitative estimate of drug-likeness (QED) is 0.791. The van der Waals surface area contributed by atoms with Crippen molar-refractivity contribution in [3.05, 3.63) is 53.8 Å². The van der Waals surface area contributed by atoms with E-state index in [-0.39, 0.29) is 17.8 Å². The second-order valence-corrected chi connectivity index (χ2v) is 6.96. The van der Waals surface area contributed by atoms with Crippen LogP contribution in [0.2, 0.25) is 0 Å². The summed E-state index contributed by atoms with van der Waals surface area (Å²) in [4.78, 5) is 14.5. The minimum atomic E-state index is -0.221. The molecule has 0 atom stereocenters. The van der Waals surface area contributed by atoms with Gasteiger partial charge in [-0.15, -0.1) is 0 Å². The van der Waals surface area contributed by atoms with Gasteiger partial charge < -0.3 is 19.7 Å². The number of aryl methyl sites for hydroxylation is 1. The molecule has 0 bridgehead atoms. The molecule has 1 fully saturated rings. The lowest BCUT2D eigenvalue weighted by Gasteiger charge is -2.34. The molecule has 2 aromatic rings. The Kier molecular flexibility index (Phi) is 6.74. The van der Waals surface area contributed by atoms with Crippen molar-refractivity contribution in [2.45, 2.75) is 31.7 Å². The molecule has 5 nitrogen and oxygen atoms in total. The van der Waals surface area contributed by atoms with Gasteiger partial charge in [0.15, 0.2) is 11.5 Å². The van der Waals surface area contributed by atoms with Crippen molar-refractivity contribution in [1.29, 1.82) is 0 Å². The lowest BCUT2D eigenvalue weighted by atomic mass is 10.0. The van der Waals surface area contributed by atoms with E-state index >= 15 is 0 Å². The zero-order chi connectivity index (χ0) is 19.9. The van der Waals surface area contributed by atoms with Gasteiger partial charge in [0.25, 0.3) is 0 Å². The summed E-state index contributed by atoms with van der Waals surface area (Å²) in [7, 11) is 3.21. The summed E-state index contributed by atoms with van der Waals surface area (Å²) in [6.07, 6.45) is 2.69. The molecule has 1 heterocycles. The molecule has 2 aromatic carbocycles. The van der Waals surface area contributed by atoms with Gasteiger partial charge >= 0.3 is 0 Å². The minimum Gasteiger partial charge on any atom is -0.493 e. The van der Waals surface area contributed by atoms with Crippen molar-refractivity contribution in [3.8, 4) is 11.5 Å². The third kappa shape index (κ3) is 4.94. The van der Waals surface area contributed by atoms with E-state index in [0.29, 0.717) is 24.3 Å². The van der Waals surface area contributed by atoms with Crippen LogP contribution in [-0.2, 0) is 11.2 Å². The average Bonchev–Trinajstić information content (AvgIpc) is 2.72. The zero-order valence-corrected chi connectivity index (χ0v) is 16.4. The van der Waals surface area contributed by atoms with Crippen LogP contribution in [0.4, 0.5) is 10.1 Å². The minimum absolute atomic E-state index is 0.0362. The number of hydrogen-bond donors (Lipinski definition) is 1. The number of anilines is 1. The van der Waals surface area contributed by atoms with Gasteiger partial charge in [0.05, 0.1) is 14.2 Å². The summed E-state index contributed by atoms with van der Waals surface area (Å²) < 4.78 is 24.1. The van der Waals surface area contributed by atoms with Gasteiger partial charge in [-0.3, -0.25) is 4.79 Å². The number of piperidine rings is 1. The second kappa shape index (κ2) is 9.44. The molecule has 6 heteroatoms. The predicted molar refractivity (Wildman–Crippen MR) is 108 cm³/mol. The number of ether oxygens (including phenoxy) is 2. The number of rotatable bonds is 7. The number of amides is 1. The summed E-state index contributed by atoms with van der Waals surface area (Å²) in [5.74, 6) is 1.17. The van der Waals surface area contributed by atoms with Gasteiger partial charge in [0.2, 0.25) is 5.91 Å². The van der Waals surface area contributed by atoms with Crippen molar-refractivity contribution in [2.24, 2.45) is 0 Å². The first-order chi connectivity index (χ1) is 13.6. The van der Waals surface area contributed by atoms with E-state index in [1.54, 1.807) is 26.4 Å². The Morgan fingerprint density at radius 2 is 1.89 bits per heavy atom. The number of nitrogens with zero attached hydrogens (tertiary/aromatic N) is 1. The van der Waals surface area contributed by atoms with E-state index in [1.807, 2.05) is 24.3 Å². The van der Waals surface area contributed by atoms with Crippen LogP contribution >= 0.6 is 0 Å². The Labute approximate surface area is 165 Å². The van der Waals surface area contributed by atoms with Crippen molar-refractivity contribution < 1.29 is 18.7 Å². The molecule has 0 saturated carbocycles. The molecule has 0 spiro atoms. The molecule has 1 aliphatic heterocycles. The fourth-order valence-electron chi connectivity index (χ4n) is 3.65. The van der Waals surface area contributed by atoms with E-state index in [0.717, 1.165) is 37.2 Å². The monoisotopic (exact) mass is 386 g/mol. The number of methoxy groups -OCH3 is 2. The number of hydrogen-bond acceptors (Lipinski definition) is 4. The number of halogens is 1. The number of nitrogens with one attached hydrogen (secondary N) is 1. The predicted octanol–water partition coefficient (Wildman–Crippen LogP) is 3.56. The molecule has 1 saturated heterocycles. The van der Waals surface area contributed by atoms with Gasteiger partial charge in [0.1, 0.15) is 5.82 Å². The van der Waals surface area contributed by atoms with Crippen LogP contribution in [0, 0.1) is 5.82 Å². The van der Waals surface area contributed by atoms with Gasteiger partial charge in [-0.1, -0.05) is 18.2 Å². The van der Waals surface area contributed by atoms with E-state index < -0.39 is 0 Å². The van der Waals surface area contributed by atoms with Crippen LogP contribution in [-0.4, -0.2) is 39.3 Å². The van der Waals surface area contributed by atoms with Crippen LogP contribution in [0.15, 0.2) is 42.5 Å². The highest BCUT2D eigenvalue weighted by Crippen LogP contribution is 2.31. The van der Waals surface area contributed by atoms with Crippen LogP contribution < -0.4 is 19.7 Å². The second-order valence-electron chi connectivity index (χ2n) is 6.96. The number of carbonyl (C=O) groups is 1. The van der Waals surface area contributed by atoms with E-state index in [2.05, 4.69) is 10.2 Å². The molecule has 0 aromatic heterocycles. The van der Waals surface area contributed by atoms with E-state index in [9.17, 15) is 9.18 Å². The molecular formula is C22H27FN2O3. The van der Waals surface area contributed by atoms with Crippen molar-refractivity contribution in [2.75, 3.05) is 32.2 Å². The highest BCUT2D eigenvalue weighted by Gasteiger charge is 2.21. The Hall–Kier alpha value is -2.76. The molecule has 0 unspecified atom stereocenters. The standard InChI is InChI=1S/C22H27FN2O3/c1-27-20-8-3-5-16(22(20)28-2)9-10-21(26)24-18-11-13-25(14-12-18)19-7-4-6-17(23)15-19/h3-8,15,18H,9-14H2,1-2H3,(H,24,26). The topological polar surface area (TPSA) is 50.8 Å². The first-order valence-electron chi connectivity index (χ1n) is 9.60. The van der Waals surface area contributed by atoms with Gasteiger partial charge in [-0.05, 0) is 49.1 Å². The maximum absolute atomic E-state index is 13.4. The molecule has 150 valence electrons. The molecular weight excluding hydrogens is 359 g/mol. The van der Waals surface area contributed by atoms with Crippen molar-refractivity contribution in [1.82, 2.24) is 5.32 Å². The van der Waals surface area contributed by atoms with Crippen molar-refractivity contribution in [3.63, 3.8) is 0 Å². The van der Waals surface area contributed by atoms with E-state index in [4.69, 9.17) is 9.47 Å². The maximum atomic E-state index is 13.4. The van der Waals surface area contributed by atoms with Crippen molar-refractivity contribution >= 4 is 11.6 Å². The molecule has 1 aliphatic rings. The van der Waals surface area contributed by atoms with Crippen LogP contribution in [0.1, 0.15) is 24.8 Å².